The highest BCUT2D eigenvalue weighted by Crippen LogP contribution is 2.58. The van der Waals surface area contributed by atoms with E-state index in [2.05, 4.69) is 0 Å². The number of hydrogen-bond acceptors (Lipinski definition) is 0. The summed E-state index contributed by atoms with van der Waals surface area (Å²) in [6, 6.07) is 0. The first-order valence-electron chi connectivity index (χ1n) is 7.14. The summed E-state index contributed by atoms with van der Waals surface area (Å²) in [5, 5.41) is 0. The van der Waals surface area contributed by atoms with Crippen molar-refractivity contribution < 1.29 is 0 Å². The molecule has 0 aromatic rings. The minimum atomic E-state index is 1.17. The number of fused-ring (bicyclic) bond motifs is 4. The van der Waals surface area contributed by atoms with Crippen LogP contribution in [0.5, 0.6) is 0 Å². The van der Waals surface area contributed by atoms with Crippen molar-refractivity contribution in [2.45, 2.75) is 62.7 Å². The molecule has 4 rings (SSSR count). The topological polar surface area (TPSA) is 0 Å². The van der Waals surface area contributed by atoms with Crippen molar-refractivity contribution in [3.8, 4) is 0 Å². The first-order valence-corrected chi connectivity index (χ1v) is 8.30. The van der Waals surface area contributed by atoms with Gasteiger partial charge in [-0.05, 0) is 73.5 Å². The van der Waals surface area contributed by atoms with Crippen LogP contribution in [0.3, 0.4) is 0 Å². The van der Waals surface area contributed by atoms with Crippen LogP contribution in [-0.4, -0.2) is 11.3 Å². The molecule has 0 aliphatic heterocycles. The van der Waals surface area contributed by atoms with Crippen molar-refractivity contribution >= 4 is 8.58 Å². The van der Waals surface area contributed by atoms with E-state index in [9.17, 15) is 0 Å². The first-order chi connectivity index (χ1) is 7.38. The van der Waals surface area contributed by atoms with Crippen molar-refractivity contribution in [3.63, 3.8) is 0 Å². The summed E-state index contributed by atoms with van der Waals surface area (Å²) in [5.41, 5.74) is 2.40. The molecular weight excluding hydrogens is 199 g/mol. The van der Waals surface area contributed by atoms with E-state index in [4.69, 9.17) is 0 Å². The van der Waals surface area contributed by atoms with Crippen LogP contribution in [0.15, 0.2) is 0 Å². The largest absolute Gasteiger partial charge is 0.115 e. The Kier molecular flexibility index (Phi) is 2.18. The van der Waals surface area contributed by atoms with E-state index >= 15 is 0 Å². The van der Waals surface area contributed by atoms with Gasteiger partial charge >= 0.3 is 0 Å². The molecular formula is C14H23P. The Morgan fingerprint density at radius 1 is 0.600 bits per heavy atom. The van der Waals surface area contributed by atoms with E-state index in [-0.39, 0.29) is 0 Å². The Balaban J connectivity index is 1.40. The Bertz CT molecular complexity index is 236. The maximum atomic E-state index is 1.64. The molecule has 0 aromatic carbocycles. The fourth-order valence-electron chi connectivity index (χ4n) is 5.17. The van der Waals surface area contributed by atoms with Crippen molar-refractivity contribution in [2.75, 3.05) is 0 Å². The summed E-state index contributed by atoms with van der Waals surface area (Å²) >= 11 is 0. The third kappa shape index (κ3) is 1.51. The van der Waals surface area contributed by atoms with Crippen molar-refractivity contribution in [1.29, 1.82) is 0 Å². The summed E-state index contributed by atoms with van der Waals surface area (Å²) in [7, 11) is 1.37. The highest BCUT2D eigenvalue weighted by atomic mass is 31.1. The Labute approximate surface area is 95.4 Å². The highest BCUT2D eigenvalue weighted by molar-refractivity contribution is 7.39. The molecule has 0 nitrogen and oxygen atoms in total. The zero-order chi connectivity index (χ0) is 9.83. The molecule has 1 heteroatoms. The lowest BCUT2D eigenvalue weighted by Gasteiger charge is -2.29. The molecule has 0 amide bonds. The molecule has 0 unspecified atom stereocenters. The minimum Gasteiger partial charge on any atom is -0.115 e. The molecule has 0 heterocycles. The van der Waals surface area contributed by atoms with Gasteiger partial charge in [0.1, 0.15) is 0 Å². The second kappa shape index (κ2) is 3.46. The van der Waals surface area contributed by atoms with Crippen molar-refractivity contribution in [3.05, 3.63) is 0 Å². The van der Waals surface area contributed by atoms with Gasteiger partial charge in [0.2, 0.25) is 0 Å². The SMILES string of the molecule is C1C[C@H]2C[C@H]1C[C@H]2P[C@@H]1C[C@H]2CC[C@H]1C2. The Hall–Kier alpha value is 0.430. The highest BCUT2D eigenvalue weighted by Gasteiger charge is 2.44. The van der Waals surface area contributed by atoms with E-state index in [0.717, 1.165) is 0 Å². The van der Waals surface area contributed by atoms with Crippen LogP contribution in [-0.2, 0) is 0 Å². The zero-order valence-electron chi connectivity index (χ0n) is 9.62. The summed E-state index contributed by atoms with van der Waals surface area (Å²) in [5.74, 6) is 4.72. The van der Waals surface area contributed by atoms with Crippen molar-refractivity contribution in [2.24, 2.45) is 23.7 Å². The quantitative estimate of drug-likeness (QED) is 0.618. The monoisotopic (exact) mass is 222 g/mol. The molecule has 84 valence electrons. The molecule has 4 bridgehead atoms. The molecule has 0 saturated heterocycles. The fourth-order valence-corrected chi connectivity index (χ4v) is 7.81. The Morgan fingerprint density at radius 2 is 1.13 bits per heavy atom. The second-order valence-electron chi connectivity index (χ2n) is 6.73. The number of hydrogen-bond donors (Lipinski definition) is 0. The molecule has 0 N–H and O–H groups in total. The van der Waals surface area contributed by atoms with E-state index in [1.54, 1.807) is 51.4 Å². The van der Waals surface area contributed by atoms with Gasteiger partial charge in [0.25, 0.3) is 0 Å². The van der Waals surface area contributed by atoms with Gasteiger partial charge in [-0.25, -0.2) is 0 Å². The van der Waals surface area contributed by atoms with Gasteiger partial charge in [0.05, 0.1) is 0 Å². The van der Waals surface area contributed by atoms with Crippen LogP contribution in [0.2, 0.25) is 0 Å². The van der Waals surface area contributed by atoms with Gasteiger partial charge in [-0.2, -0.15) is 0 Å². The predicted octanol–water partition coefficient (Wildman–Crippen LogP) is 4.04. The third-order valence-electron chi connectivity index (χ3n) is 5.90. The van der Waals surface area contributed by atoms with Gasteiger partial charge in [-0.3, -0.25) is 0 Å². The summed E-state index contributed by atoms with van der Waals surface area (Å²) in [4.78, 5) is 0. The first kappa shape index (κ1) is 9.46. The van der Waals surface area contributed by atoms with Gasteiger partial charge in [-0.1, -0.05) is 12.8 Å². The molecule has 4 aliphatic carbocycles. The molecule has 6 atom stereocenters. The van der Waals surface area contributed by atoms with E-state index in [1.807, 2.05) is 0 Å². The third-order valence-corrected chi connectivity index (χ3v) is 8.17. The summed E-state index contributed by atoms with van der Waals surface area (Å²) in [6.45, 7) is 0. The van der Waals surface area contributed by atoms with Crippen LogP contribution >= 0.6 is 8.58 Å². The van der Waals surface area contributed by atoms with Crippen LogP contribution in [0.1, 0.15) is 51.4 Å². The summed E-state index contributed by atoms with van der Waals surface area (Å²) in [6.07, 6.45) is 12.9. The number of rotatable bonds is 2. The average Bonchev–Trinajstić information content (AvgIpc) is 2.96. The minimum absolute atomic E-state index is 1.17. The van der Waals surface area contributed by atoms with Gasteiger partial charge < -0.3 is 0 Å². The van der Waals surface area contributed by atoms with Crippen LogP contribution < -0.4 is 0 Å². The lowest BCUT2D eigenvalue weighted by molar-refractivity contribution is 0.466. The molecule has 0 radical (unpaired) electrons. The van der Waals surface area contributed by atoms with E-state index < -0.39 is 0 Å². The van der Waals surface area contributed by atoms with E-state index in [0.29, 0.717) is 0 Å². The van der Waals surface area contributed by atoms with Crippen LogP contribution in [0.25, 0.3) is 0 Å². The van der Waals surface area contributed by atoms with E-state index in [1.165, 1.54) is 43.6 Å². The molecule has 0 spiro atoms. The van der Waals surface area contributed by atoms with Gasteiger partial charge in [0, 0.05) is 0 Å². The average molecular weight is 222 g/mol. The molecule has 4 saturated carbocycles. The van der Waals surface area contributed by atoms with Gasteiger partial charge in [-0.15, -0.1) is 8.58 Å². The lowest BCUT2D eigenvalue weighted by Crippen LogP contribution is -2.19. The standard InChI is InChI=1S/C14H23P/c1-3-11-5-9(1)7-13(11)15-14-8-10-2-4-12(14)6-10/h9-15H,1-8H2/t9-,10-,11-,12-,13+,14+/m0/s1. The fraction of sp³-hybridized carbons (Fsp3) is 1.00. The smallest absolute Gasteiger partial charge is 0.0203 e. The molecule has 0 aromatic heterocycles. The van der Waals surface area contributed by atoms with Crippen molar-refractivity contribution in [1.82, 2.24) is 0 Å². The molecule has 4 fully saturated rings. The lowest BCUT2D eigenvalue weighted by atomic mass is 10.00. The van der Waals surface area contributed by atoms with Crippen LogP contribution in [0.4, 0.5) is 0 Å². The zero-order valence-corrected chi connectivity index (χ0v) is 10.6. The predicted molar refractivity (Wildman–Crippen MR) is 66.8 cm³/mol. The summed E-state index contributed by atoms with van der Waals surface area (Å²) < 4.78 is 0. The molecule has 15 heavy (non-hydrogen) atoms. The maximum Gasteiger partial charge on any atom is -0.0203 e. The Morgan fingerprint density at radius 3 is 1.47 bits per heavy atom. The maximum absolute atomic E-state index is 1.64. The normalized spacial score (nSPS) is 57.6. The molecule has 4 aliphatic rings. The van der Waals surface area contributed by atoms with Gasteiger partial charge in [0.15, 0.2) is 0 Å². The second-order valence-corrected chi connectivity index (χ2v) is 8.55. The van der Waals surface area contributed by atoms with Crippen LogP contribution in [0, 0.1) is 23.7 Å².